The molecule has 0 bridgehead atoms. The molecule has 0 aliphatic heterocycles. The van der Waals surface area contributed by atoms with Gasteiger partial charge in [0, 0.05) is 35.9 Å². The van der Waals surface area contributed by atoms with Crippen molar-refractivity contribution in [2.75, 3.05) is 13.3 Å². The maximum Gasteiger partial charge on any atom is 0.227 e. The van der Waals surface area contributed by atoms with Crippen LogP contribution >= 0.6 is 0 Å². The number of fused-ring (bicyclic) bond motifs is 1. The third-order valence-electron chi connectivity index (χ3n) is 5.21. The number of likely N-dealkylation sites (N-methyl/N-ethyl adjacent to an activating group) is 1. The van der Waals surface area contributed by atoms with Crippen LogP contribution in [0.5, 0.6) is 0 Å². The fraction of sp³-hybridized carbons (Fsp3) is 0.500. The van der Waals surface area contributed by atoms with Crippen LogP contribution in [-0.4, -0.2) is 48.8 Å². The Hall–Kier alpha value is -1.82. The molecule has 0 spiro atoms. The van der Waals surface area contributed by atoms with Gasteiger partial charge in [-0.25, -0.2) is 8.42 Å². The lowest BCUT2D eigenvalue weighted by atomic mass is 10.1. The molecule has 1 aromatic heterocycles. The van der Waals surface area contributed by atoms with E-state index in [1.807, 2.05) is 31.2 Å². The molecule has 1 saturated carbocycles. The zero-order chi connectivity index (χ0) is 17.5. The van der Waals surface area contributed by atoms with E-state index >= 15 is 0 Å². The number of carbonyl (C=O) groups excluding carboxylic acids is 1. The quantitative estimate of drug-likeness (QED) is 0.922. The third-order valence-corrected chi connectivity index (χ3v) is 6.86. The van der Waals surface area contributed by atoms with Crippen molar-refractivity contribution >= 4 is 26.6 Å². The number of aromatic amines is 1. The second-order valence-electron chi connectivity index (χ2n) is 6.82. The summed E-state index contributed by atoms with van der Waals surface area (Å²) in [6.45, 7) is 1.97. The number of aromatic nitrogens is 1. The molecule has 1 amide bonds. The SMILES string of the molecule is Cc1[nH]c2ccccc2c1CC(=O)N(C)[C@@H]1CCC[C@@H]1S(C)(=O)=O. The van der Waals surface area contributed by atoms with Gasteiger partial charge in [-0.05, 0) is 37.8 Å². The average molecular weight is 348 g/mol. The monoisotopic (exact) mass is 348 g/mol. The number of nitrogens with zero attached hydrogens (tertiary/aromatic N) is 1. The number of carbonyl (C=O) groups is 1. The molecular weight excluding hydrogens is 324 g/mol. The number of sulfone groups is 1. The van der Waals surface area contributed by atoms with Gasteiger partial charge in [0.2, 0.25) is 5.91 Å². The van der Waals surface area contributed by atoms with Crippen LogP contribution in [-0.2, 0) is 21.1 Å². The minimum Gasteiger partial charge on any atom is -0.358 e. The van der Waals surface area contributed by atoms with Crippen LogP contribution in [0.1, 0.15) is 30.5 Å². The Kier molecular flexibility index (Phi) is 4.42. The highest BCUT2D eigenvalue weighted by atomic mass is 32.2. The molecule has 24 heavy (non-hydrogen) atoms. The summed E-state index contributed by atoms with van der Waals surface area (Å²) in [5.74, 6) is -0.0246. The first-order chi connectivity index (χ1) is 11.3. The van der Waals surface area contributed by atoms with E-state index in [-0.39, 0.29) is 11.9 Å². The van der Waals surface area contributed by atoms with Crippen LogP contribution < -0.4 is 0 Å². The number of nitrogens with one attached hydrogen (secondary N) is 1. The number of benzene rings is 1. The van der Waals surface area contributed by atoms with E-state index in [1.54, 1.807) is 11.9 Å². The predicted molar refractivity (Wildman–Crippen MR) is 95.8 cm³/mol. The third kappa shape index (κ3) is 3.07. The van der Waals surface area contributed by atoms with Gasteiger partial charge in [-0.1, -0.05) is 18.2 Å². The van der Waals surface area contributed by atoms with Crippen LogP contribution in [0.25, 0.3) is 10.9 Å². The summed E-state index contributed by atoms with van der Waals surface area (Å²) in [4.78, 5) is 17.7. The molecule has 1 aliphatic carbocycles. The summed E-state index contributed by atoms with van der Waals surface area (Å²) in [5, 5.41) is 0.623. The van der Waals surface area contributed by atoms with Crippen molar-refractivity contribution in [1.82, 2.24) is 9.88 Å². The standard InChI is InChI=1S/C18H24N2O3S/c1-12-14(13-7-4-5-8-15(13)19-12)11-18(21)20(2)16-9-6-10-17(16)24(3,22)23/h4-5,7-8,16-17,19H,6,9-11H2,1-3H3/t16-,17+/m1/s1. The number of hydrogen-bond donors (Lipinski definition) is 1. The van der Waals surface area contributed by atoms with Gasteiger partial charge in [0.1, 0.15) is 0 Å². The summed E-state index contributed by atoms with van der Waals surface area (Å²) in [6, 6.07) is 7.72. The van der Waals surface area contributed by atoms with Crippen molar-refractivity contribution in [3.63, 3.8) is 0 Å². The predicted octanol–water partition coefficient (Wildman–Crippen LogP) is 2.44. The summed E-state index contributed by atoms with van der Waals surface area (Å²) in [7, 11) is -1.40. The Bertz CT molecular complexity index is 870. The Morgan fingerprint density at radius 3 is 2.71 bits per heavy atom. The van der Waals surface area contributed by atoms with Crippen molar-refractivity contribution in [2.24, 2.45) is 0 Å². The number of aryl methyl sites for hydroxylation is 1. The molecule has 3 rings (SSSR count). The zero-order valence-electron chi connectivity index (χ0n) is 14.4. The van der Waals surface area contributed by atoms with E-state index in [0.717, 1.165) is 35.0 Å². The smallest absolute Gasteiger partial charge is 0.227 e. The van der Waals surface area contributed by atoms with Gasteiger partial charge < -0.3 is 9.88 Å². The van der Waals surface area contributed by atoms with Gasteiger partial charge in [-0.15, -0.1) is 0 Å². The Balaban J connectivity index is 1.83. The molecule has 1 N–H and O–H groups in total. The van der Waals surface area contributed by atoms with Gasteiger partial charge in [0.15, 0.2) is 9.84 Å². The van der Waals surface area contributed by atoms with E-state index in [0.29, 0.717) is 12.8 Å². The lowest BCUT2D eigenvalue weighted by molar-refractivity contribution is -0.131. The van der Waals surface area contributed by atoms with Crippen molar-refractivity contribution < 1.29 is 13.2 Å². The van der Waals surface area contributed by atoms with E-state index < -0.39 is 15.1 Å². The topological polar surface area (TPSA) is 70.2 Å². The molecule has 5 nitrogen and oxygen atoms in total. The minimum atomic E-state index is -3.14. The molecule has 1 fully saturated rings. The van der Waals surface area contributed by atoms with Crippen LogP contribution in [0.15, 0.2) is 24.3 Å². The summed E-state index contributed by atoms with van der Waals surface area (Å²) in [5.41, 5.74) is 3.01. The molecule has 1 aromatic carbocycles. The Morgan fingerprint density at radius 1 is 1.29 bits per heavy atom. The maximum absolute atomic E-state index is 12.8. The average Bonchev–Trinajstić information content (AvgIpc) is 3.12. The lowest BCUT2D eigenvalue weighted by Crippen LogP contribution is -2.45. The molecule has 130 valence electrons. The first kappa shape index (κ1) is 17.0. The number of para-hydroxylation sites is 1. The molecule has 2 aromatic rings. The Morgan fingerprint density at radius 2 is 2.00 bits per heavy atom. The summed E-state index contributed by atoms with van der Waals surface area (Å²) >= 11 is 0. The molecule has 0 radical (unpaired) electrons. The normalized spacial score (nSPS) is 21.3. The second-order valence-corrected chi connectivity index (χ2v) is 9.09. The van der Waals surface area contributed by atoms with Gasteiger partial charge in [-0.2, -0.15) is 0 Å². The molecule has 2 atom stereocenters. The highest BCUT2D eigenvalue weighted by Crippen LogP contribution is 2.30. The van der Waals surface area contributed by atoms with Gasteiger partial charge in [-0.3, -0.25) is 4.79 Å². The van der Waals surface area contributed by atoms with Crippen molar-refractivity contribution in [2.45, 2.75) is 43.9 Å². The number of amides is 1. The van der Waals surface area contributed by atoms with Crippen LogP contribution in [0.2, 0.25) is 0 Å². The van der Waals surface area contributed by atoms with E-state index in [1.165, 1.54) is 6.26 Å². The fourth-order valence-corrected chi connectivity index (χ4v) is 5.36. The maximum atomic E-state index is 12.8. The van der Waals surface area contributed by atoms with Gasteiger partial charge >= 0.3 is 0 Å². The van der Waals surface area contributed by atoms with Crippen molar-refractivity contribution in [3.8, 4) is 0 Å². The van der Waals surface area contributed by atoms with Crippen LogP contribution in [0.4, 0.5) is 0 Å². The Labute approximate surface area is 143 Å². The second kappa shape index (κ2) is 6.24. The van der Waals surface area contributed by atoms with Crippen LogP contribution in [0, 0.1) is 6.92 Å². The van der Waals surface area contributed by atoms with E-state index in [9.17, 15) is 13.2 Å². The first-order valence-electron chi connectivity index (χ1n) is 8.29. The van der Waals surface area contributed by atoms with Crippen molar-refractivity contribution in [1.29, 1.82) is 0 Å². The highest BCUT2D eigenvalue weighted by molar-refractivity contribution is 7.91. The van der Waals surface area contributed by atoms with Gasteiger partial charge in [0.05, 0.1) is 11.7 Å². The molecule has 0 saturated heterocycles. The molecular formula is C18H24N2O3S. The molecule has 6 heteroatoms. The summed E-state index contributed by atoms with van der Waals surface area (Å²) < 4.78 is 23.9. The molecule has 0 unspecified atom stereocenters. The zero-order valence-corrected chi connectivity index (χ0v) is 15.2. The number of hydrogen-bond acceptors (Lipinski definition) is 3. The molecule has 1 heterocycles. The number of rotatable bonds is 4. The largest absolute Gasteiger partial charge is 0.358 e. The van der Waals surface area contributed by atoms with Gasteiger partial charge in [0.25, 0.3) is 0 Å². The number of H-pyrrole nitrogens is 1. The van der Waals surface area contributed by atoms with Crippen molar-refractivity contribution in [3.05, 3.63) is 35.5 Å². The summed E-state index contributed by atoms with van der Waals surface area (Å²) in [6.07, 6.45) is 3.82. The first-order valence-corrected chi connectivity index (χ1v) is 10.2. The highest BCUT2D eigenvalue weighted by Gasteiger charge is 2.38. The van der Waals surface area contributed by atoms with E-state index in [4.69, 9.17) is 0 Å². The molecule has 1 aliphatic rings. The lowest BCUT2D eigenvalue weighted by Gasteiger charge is -2.29. The van der Waals surface area contributed by atoms with Crippen LogP contribution in [0.3, 0.4) is 0 Å². The van der Waals surface area contributed by atoms with E-state index in [2.05, 4.69) is 4.98 Å². The minimum absolute atomic E-state index is 0.0246. The fourth-order valence-electron chi connectivity index (χ4n) is 3.87.